The zero-order chi connectivity index (χ0) is 46.5. The molecule has 346 valence electrons. The topological polar surface area (TPSA) is 130 Å². The highest BCUT2D eigenvalue weighted by Gasteiger charge is 2.12. The molecule has 0 bridgehead atoms. The second-order valence-electron chi connectivity index (χ2n) is 16.2. The average molecular weight is 936 g/mol. The number of carbonyl (C=O) groups excluding carboxylic acids is 2. The SMILES string of the molecule is C.CC(C)(C)CO.CC(C)(C)OCCSC(=O)c1ccccc1.CC(C)C.CC(C)OCCC#N.CC(C)OCCSC(=O)c1ccc(Cl)cc1Cl.CC(C)SCCC#N. The Bertz CT molecular complexity index is 1380. The van der Waals surface area contributed by atoms with E-state index in [4.69, 9.17) is 53.0 Å². The summed E-state index contributed by atoms with van der Waals surface area (Å²) < 4.78 is 16.0. The Labute approximate surface area is 390 Å². The van der Waals surface area contributed by atoms with Gasteiger partial charge in [-0.15, -0.1) is 0 Å². The van der Waals surface area contributed by atoms with E-state index in [0.717, 1.165) is 17.2 Å². The van der Waals surface area contributed by atoms with Crippen LogP contribution in [-0.4, -0.2) is 82.1 Å². The first-order chi connectivity index (χ1) is 27.3. The highest BCUT2D eigenvalue weighted by Crippen LogP contribution is 2.25. The van der Waals surface area contributed by atoms with Gasteiger partial charge in [-0.3, -0.25) is 9.59 Å². The van der Waals surface area contributed by atoms with Crippen molar-refractivity contribution in [2.75, 3.05) is 43.7 Å². The molecule has 0 spiro atoms. The first-order valence-electron chi connectivity index (χ1n) is 20.0. The Morgan fingerprint density at radius 1 is 0.717 bits per heavy atom. The lowest BCUT2D eigenvalue weighted by Crippen LogP contribution is -2.20. The summed E-state index contributed by atoms with van der Waals surface area (Å²) in [6, 6.07) is 18.3. The van der Waals surface area contributed by atoms with Crippen molar-refractivity contribution in [3.8, 4) is 12.1 Å². The van der Waals surface area contributed by atoms with Crippen LogP contribution in [0.1, 0.15) is 145 Å². The Hall–Kier alpha value is -1.77. The molecule has 0 fully saturated rings. The van der Waals surface area contributed by atoms with E-state index in [1.165, 1.54) is 23.5 Å². The molecule has 0 saturated carbocycles. The number of carbonyl (C=O) groups is 2. The van der Waals surface area contributed by atoms with Crippen LogP contribution in [0.2, 0.25) is 10.0 Å². The third kappa shape index (κ3) is 56.2. The zero-order valence-corrected chi connectivity index (χ0v) is 42.6. The number of thioether (sulfide) groups is 3. The molecular weight excluding hydrogens is 856 g/mol. The maximum atomic E-state index is 11.8. The lowest BCUT2D eigenvalue weighted by Gasteiger charge is -2.18. The Balaban J connectivity index is -0.000000215. The van der Waals surface area contributed by atoms with Gasteiger partial charge in [-0.2, -0.15) is 22.3 Å². The van der Waals surface area contributed by atoms with Gasteiger partial charge in [-0.05, 0) is 83.2 Å². The van der Waals surface area contributed by atoms with E-state index in [0.29, 0.717) is 65.0 Å². The fourth-order valence-corrected chi connectivity index (χ4v) is 5.56. The molecule has 0 aliphatic heterocycles. The number of nitriles is 2. The summed E-state index contributed by atoms with van der Waals surface area (Å²) in [7, 11) is 0. The second-order valence-corrected chi connectivity index (χ2v) is 20.9. The molecule has 0 unspecified atom stereocenters. The van der Waals surface area contributed by atoms with Crippen LogP contribution < -0.4 is 0 Å². The summed E-state index contributed by atoms with van der Waals surface area (Å²) in [5.74, 6) is 3.13. The zero-order valence-electron chi connectivity index (χ0n) is 38.7. The molecule has 0 radical (unpaired) electrons. The van der Waals surface area contributed by atoms with Crippen molar-refractivity contribution in [3.63, 3.8) is 0 Å². The van der Waals surface area contributed by atoms with Gasteiger partial charge in [0.15, 0.2) is 0 Å². The molecule has 0 aliphatic rings. The van der Waals surface area contributed by atoms with Crippen LogP contribution in [-0.2, 0) is 14.2 Å². The fourth-order valence-electron chi connectivity index (χ4n) is 2.97. The van der Waals surface area contributed by atoms with Gasteiger partial charge in [0.05, 0.1) is 61.2 Å². The van der Waals surface area contributed by atoms with E-state index < -0.39 is 0 Å². The molecule has 60 heavy (non-hydrogen) atoms. The molecule has 13 heteroatoms. The number of nitrogens with zero attached hydrogens (tertiary/aromatic N) is 2. The molecular formula is C47H80Cl2N2O6S3. The van der Waals surface area contributed by atoms with Crippen molar-refractivity contribution in [1.82, 2.24) is 0 Å². The van der Waals surface area contributed by atoms with E-state index in [9.17, 15) is 9.59 Å². The number of hydrogen-bond acceptors (Lipinski definition) is 11. The number of hydrogen-bond donors (Lipinski definition) is 1. The highest BCUT2D eigenvalue weighted by atomic mass is 35.5. The van der Waals surface area contributed by atoms with Crippen LogP contribution in [0.3, 0.4) is 0 Å². The van der Waals surface area contributed by atoms with Gasteiger partial charge in [0.1, 0.15) is 0 Å². The van der Waals surface area contributed by atoms with Crippen molar-refractivity contribution in [2.24, 2.45) is 11.3 Å². The molecule has 2 aromatic rings. The lowest BCUT2D eigenvalue weighted by atomic mass is 9.99. The first-order valence-corrected chi connectivity index (χ1v) is 23.8. The minimum atomic E-state index is -0.129. The van der Waals surface area contributed by atoms with Crippen LogP contribution in [0.4, 0.5) is 0 Å². The molecule has 0 amide bonds. The number of halogens is 2. The molecule has 1 N–H and O–H groups in total. The Kier molecular flexibility index (Phi) is 47.7. The van der Waals surface area contributed by atoms with Gasteiger partial charge in [-0.25, -0.2) is 0 Å². The molecule has 0 aromatic heterocycles. The van der Waals surface area contributed by atoms with Crippen molar-refractivity contribution in [3.05, 3.63) is 69.7 Å². The molecule has 0 saturated heterocycles. The monoisotopic (exact) mass is 934 g/mol. The number of aliphatic hydroxyl groups excluding tert-OH is 1. The number of rotatable bonds is 15. The van der Waals surface area contributed by atoms with E-state index in [1.807, 2.05) is 117 Å². The molecule has 8 nitrogen and oxygen atoms in total. The normalized spacial score (nSPS) is 10.4. The van der Waals surface area contributed by atoms with Gasteiger partial charge >= 0.3 is 0 Å². The summed E-state index contributed by atoms with van der Waals surface area (Å²) in [4.78, 5) is 23.5. The van der Waals surface area contributed by atoms with E-state index in [2.05, 4.69) is 40.7 Å². The summed E-state index contributed by atoms with van der Waals surface area (Å²) in [5.41, 5.74) is 1.21. The van der Waals surface area contributed by atoms with E-state index in [1.54, 1.807) is 18.2 Å². The fraction of sp³-hybridized carbons (Fsp3) is 0.660. The molecule has 0 aliphatic carbocycles. The van der Waals surface area contributed by atoms with Crippen molar-refractivity contribution in [1.29, 1.82) is 10.5 Å². The minimum absolute atomic E-state index is 0. The Morgan fingerprint density at radius 2 is 1.18 bits per heavy atom. The molecule has 2 aromatic carbocycles. The van der Waals surface area contributed by atoms with Gasteiger partial charge in [0.2, 0.25) is 10.2 Å². The summed E-state index contributed by atoms with van der Waals surface area (Å²) in [6.07, 6.45) is 1.62. The number of benzene rings is 2. The summed E-state index contributed by atoms with van der Waals surface area (Å²) in [6.45, 7) is 32.6. The van der Waals surface area contributed by atoms with Crippen LogP contribution in [0, 0.1) is 34.0 Å². The summed E-state index contributed by atoms with van der Waals surface area (Å²) in [5, 5.41) is 26.2. The van der Waals surface area contributed by atoms with Crippen LogP contribution in [0.25, 0.3) is 0 Å². The second kappa shape index (κ2) is 42.5. The molecule has 0 heterocycles. The smallest absolute Gasteiger partial charge is 0.220 e. The average Bonchev–Trinajstić information content (AvgIpc) is 3.12. The Morgan fingerprint density at radius 3 is 1.60 bits per heavy atom. The highest BCUT2D eigenvalue weighted by molar-refractivity contribution is 8.14. The van der Waals surface area contributed by atoms with E-state index >= 15 is 0 Å². The van der Waals surface area contributed by atoms with E-state index in [-0.39, 0.29) is 47.5 Å². The third-order valence-corrected chi connectivity index (χ3v) is 8.96. The lowest BCUT2D eigenvalue weighted by molar-refractivity contribution is 0.00691. The molecule has 0 atom stereocenters. The number of aliphatic hydroxyl groups is 1. The summed E-state index contributed by atoms with van der Waals surface area (Å²) >= 11 is 16.0. The third-order valence-electron chi connectivity index (χ3n) is 5.58. The minimum Gasteiger partial charge on any atom is -0.396 e. The largest absolute Gasteiger partial charge is 0.396 e. The standard InChI is InChI=1S/C13H18O2S.C12H14Cl2O2S.C6H11NO.C6H11NS.C5H12O.C4H10.CH4/c1-13(2,3)15-9-10-16-12(14)11-7-5-4-6-8-11;1-8(2)16-5-6-17-12(15)10-4-3-9(13)7-11(10)14;2*1-6(2)8-5-3-4-7;1-5(2,3)4-6;1-4(2)3;/h4-8H,9-10H2,1-3H3;3-4,7-8H,5-6H2,1-2H3;2*6H,3,5H2,1-2H3;6H,4H2,1-3H3;4H,1-3H3;1H4. The van der Waals surface area contributed by atoms with Crippen molar-refractivity contribution < 1.29 is 28.9 Å². The van der Waals surface area contributed by atoms with Crippen LogP contribution >= 0.6 is 58.5 Å². The van der Waals surface area contributed by atoms with Crippen molar-refractivity contribution in [2.45, 2.75) is 147 Å². The maximum absolute atomic E-state index is 11.8. The van der Waals surface area contributed by atoms with Crippen LogP contribution in [0.15, 0.2) is 48.5 Å². The predicted octanol–water partition coefficient (Wildman–Crippen LogP) is 14.4. The van der Waals surface area contributed by atoms with Gasteiger partial charge in [-0.1, -0.05) is 140 Å². The van der Waals surface area contributed by atoms with Gasteiger partial charge < -0.3 is 19.3 Å². The van der Waals surface area contributed by atoms with Crippen molar-refractivity contribution >= 4 is 68.7 Å². The first kappa shape index (κ1) is 67.3. The van der Waals surface area contributed by atoms with Crippen LogP contribution in [0.5, 0.6) is 0 Å². The predicted molar refractivity (Wildman–Crippen MR) is 266 cm³/mol. The number of ether oxygens (including phenoxy) is 3. The van der Waals surface area contributed by atoms with Gasteiger partial charge in [0.25, 0.3) is 0 Å². The molecule has 2 rings (SSSR count). The quantitative estimate of drug-likeness (QED) is 0.171. The van der Waals surface area contributed by atoms with Gasteiger partial charge in [0, 0.05) is 46.4 Å². The maximum Gasteiger partial charge on any atom is 0.220 e.